The van der Waals surface area contributed by atoms with Gasteiger partial charge < -0.3 is 10.5 Å². The molecule has 0 bridgehead atoms. The van der Waals surface area contributed by atoms with Gasteiger partial charge in [-0.2, -0.15) is 11.8 Å². The zero-order valence-corrected chi connectivity index (χ0v) is 11.6. The highest BCUT2D eigenvalue weighted by Crippen LogP contribution is 2.13. The number of thioether (sulfide) groups is 1. The van der Waals surface area contributed by atoms with E-state index in [0.717, 1.165) is 5.75 Å². The van der Waals surface area contributed by atoms with E-state index in [0.29, 0.717) is 0 Å². The van der Waals surface area contributed by atoms with Crippen LogP contribution < -0.4 is 5.73 Å². The minimum atomic E-state index is -0.507. The van der Waals surface area contributed by atoms with Crippen molar-refractivity contribution in [1.82, 2.24) is 0 Å². The Hall–Kier alpha value is -0.220. The number of rotatable bonds is 5. The molecule has 0 aliphatic rings. The van der Waals surface area contributed by atoms with Crippen LogP contribution in [-0.4, -0.2) is 29.1 Å². The molecule has 0 aliphatic carbocycles. The second-order valence-electron chi connectivity index (χ2n) is 3.17. The fourth-order valence-corrected chi connectivity index (χ4v) is 1.71. The topological polar surface area (TPSA) is 52.3 Å². The highest BCUT2D eigenvalue weighted by molar-refractivity contribution is 7.99. The molecule has 0 rings (SSSR count). The summed E-state index contributed by atoms with van der Waals surface area (Å²) in [7, 11) is 0. The molecular weight excluding hydrogens is 210 g/mol. The van der Waals surface area contributed by atoms with E-state index in [1.54, 1.807) is 11.8 Å². The van der Waals surface area contributed by atoms with Gasteiger partial charge in [0.2, 0.25) is 0 Å². The first-order valence-corrected chi connectivity index (χ1v) is 6.61. The summed E-state index contributed by atoms with van der Waals surface area (Å²) in [4.78, 5) is 11.3. The SMILES string of the molecule is CC.CCSC(C)C(N)C(=O)OC(C)C. The Morgan fingerprint density at radius 1 is 1.33 bits per heavy atom. The Labute approximate surface area is 98.1 Å². The van der Waals surface area contributed by atoms with E-state index in [2.05, 4.69) is 0 Å². The molecule has 2 unspecified atom stereocenters. The van der Waals surface area contributed by atoms with Gasteiger partial charge in [0.1, 0.15) is 6.04 Å². The molecule has 0 amide bonds. The summed E-state index contributed by atoms with van der Waals surface area (Å²) in [5, 5.41) is 0.122. The standard InChI is InChI=1S/C9H19NO2S.C2H6/c1-5-13-7(4)8(10)9(11)12-6(2)3;1-2/h6-8H,5,10H2,1-4H3;1-2H3. The molecule has 92 valence electrons. The van der Waals surface area contributed by atoms with Crippen LogP contribution in [0.2, 0.25) is 0 Å². The number of hydrogen-bond acceptors (Lipinski definition) is 4. The van der Waals surface area contributed by atoms with Crippen molar-refractivity contribution >= 4 is 17.7 Å². The van der Waals surface area contributed by atoms with Crippen molar-refractivity contribution in [3.63, 3.8) is 0 Å². The molecule has 0 aromatic carbocycles. The van der Waals surface area contributed by atoms with Crippen molar-refractivity contribution in [3.05, 3.63) is 0 Å². The fourth-order valence-electron chi connectivity index (χ4n) is 0.869. The highest BCUT2D eigenvalue weighted by Gasteiger charge is 2.22. The molecule has 0 saturated heterocycles. The predicted octanol–water partition coefficient (Wildman–Crippen LogP) is 2.43. The summed E-state index contributed by atoms with van der Waals surface area (Å²) in [5.41, 5.74) is 5.70. The monoisotopic (exact) mass is 235 g/mol. The van der Waals surface area contributed by atoms with E-state index in [1.165, 1.54) is 0 Å². The number of esters is 1. The van der Waals surface area contributed by atoms with Crippen LogP contribution in [-0.2, 0) is 9.53 Å². The van der Waals surface area contributed by atoms with Gasteiger partial charge in [0.05, 0.1) is 6.10 Å². The third-order valence-electron chi connectivity index (χ3n) is 1.56. The molecule has 2 N–H and O–H groups in total. The first-order valence-electron chi connectivity index (χ1n) is 5.56. The maximum atomic E-state index is 11.3. The number of carbonyl (C=O) groups excluding carboxylic acids is 1. The first kappa shape index (κ1) is 17.2. The molecule has 0 spiro atoms. The Morgan fingerprint density at radius 2 is 1.80 bits per heavy atom. The normalized spacial score (nSPS) is 13.9. The fraction of sp³-hybridized carbons (Fsp3) is 0.909. The zero-order chi connectivity index (χ0) is 12.4. The van der Waals surface area contributed by atoms with Gasteiger partial charge in [0.15, 0.2) is 0 Å². The third-order valence-corrected chi connectivity index (χ3v) is 2.71. The first-order chi connectivity index (χ1) is 6.99. The summed E-state index contributed by atoms with van der Waals surface area (Å²) in [6.45, 7) is 11.6. The lowest BCUT2D eigenvalue weighted by atomic mass is 10.2. The summed E-state index contributed by atoms with van der Waals surface area (Å²) in [6, 6.07) is -0.507. The summed E-state index contributed by atoms with van der Waals surface area (Å²) >= 11 is 1.67. The molecule has 0 heterocycles. The maximum absolute atomic E-state index is 11.3. The van der Waals surface area contributed by atoms with Crippen LogP contribution in [0.1, 0.15) is 41.5 Å². The molecule has 0 aromatic heterocycles. The molecule has 2 atom stereocenters. The van der Waals surface area contributed by atoms with Crippen LogP contribution in [0.15, 0.2) is 0 Å². The summed E-state index contributed by atoms with van der Waals surface area (Å²) in [6.07, 6.45) is -0.0858. The van der Waals surface area contributed by atoms with Gasteiger partial charge >= 0.3 is 5.97 Å². The van der Waals surface area contributed by atoms with Crippen molar-refractivity contribution in [3.8, 4) is 0 Å². The number of hydrogen-bond donors (Lipinski definition) is 1. The molecule has 3 nitrogen and oxygen atoms in total. The van der Waals surface area contributed by atoms with Crippen molar-refractivity contribution in [2.75, 3.05) is 5.75 Å². The molecule has 0 aromatic rings. The minimum absolute atomic E-state index is 0.0858. The van der Waals surface area contributed by atoms with Crippen molar-refractivity contribution in [2.45, 2.75) is 58.9 Å². The molecule has 0 radical (unpaired) electrons. The molecule has 15 heavy (non-hydrogen) atoms. The van der Waals surface area contributed by atoms with Crippen LogP contribution >= 0.6 is 11.8 Å². The lowest BCUT2D eigenvalue weighted by molar-refractivity contribution is -0.148. The van der Waals surface area contributed by atoms with Crippen LogP contribution in [0, 0.1) is 0 Å². The predicted molar refractivity (Wildman–Crippen MR) is 68.1 cm³/mol. The molecule has 4 heteroatoms. The van der Waals surface area contributed by atoms with Gasteiger partial charge in [-0.25, -0.2) is 0 Å². The molecular formula is C11H25NO2S. The Bertz CT molecular complexity index is 163. The average Bonchev–Trinajstić information content (AvgIpc) is 2.19. The lowest BCUT2D eigenvalue weighted by Crippen LogP contribution is -2.41. The largest absolute Gasteiger partial charge is 0.462 e. The van der Waals surface area contributed by atoms with Gasteiger partial charge in [0, 0.05) is 5.25 Å². The summed E-state index contributed by atoms with van der Waals surface area (Å²) in [5.74, 6) is 0.660. The van der Waals surface area contributed by atoms with Crippen LogP contribution in [0.4, 0.5) is 0 Å². The van der Waals surface area contributed by atoms with Crippen LogP contribution in [0.5, 0.6) is 0 Å². The second-order valence-corrected chi connectivity index (χ2v) is 4.83. The minimum Gasteiger partial charge on any atom is -0.462 e. The number of ether oxygens (including phenoxy) is 1. The van der Waals surface area contributed by atoms with Gasteiger partial charge in [-0.15, -0.1) is 0 Å². The third kappa shape index (κ3) is 8.75. The van der Waals surface area contributed by atoms with E-state index < -0.39 is 6.04 Å². The zero-order valence-electron chi connectivity index (χ0n) is 10.7. The van der Waals surface area contributed by atoms with Crippen molar-refractivity contribution in [1.29, 1.82) is 0 Å². The molecule has 0 fully saturated rings. The maximum Gasteiger partial charge on any atom is 0.324 e. The van der Waals surface area contributed by atoms with E-state index in [1.807, 2.05) is 41.5 Å². The van der Waals surface area contributed by atoms with E-state index >= 15 is 0 Å². The van der Waals surface area contributed by atoms with E-state index in [-0.39, 0.29) is 17.3 Å². The van der Waals surface area contributed by atoms with Gasteiger partial charge in [-0.05, 0) is 19.6 Å². The highest BCUT2D eigenvalue weighted by atomic mass is 32.2. The number of carbonyl (C=O) groups is 1. The van der Waals surface area contributed by atoms with Crippen LogP contribution in [0.3, 0.4) is 0 Å². The van der Waals surface area contributed by atoms with Crippen LogP contribution in [0.25, 0.3) is 0 Å². The quantitative estimate of drug-likeness (QED) is 0.744. The van der Waals surface area contributed by atoms with Crippen molar-refractivity contribution < 1.29 is 9.53 Å². The number of nitrogens with two attached hydrogens (primary N) is 1. The smallest absolute Gasteiger partial charge is 0.324 e. The average molecular weight is 235 g/mol. The van der Waals surface area contributed by atoms with E-state index in [4.69, 9.17) is 10.5 Å². The molecule has 0 saturated carbocycles. The van der Waals surface area contributed by atoms with Crippen molar-refractivity contribution in [2.24, 2.45) is 5.73 Å². The Kier molecular flexibility index (Phi) is 11.8. The van der Waals surface area contributed by atoms with Gasteiger partial charge in [-0.1, -0.05) is 27.7 Å². The summed E-state index contributed by atoms with van der Waals surface area (Å²) < 4.78 is 5.00. The Balaban J connectivity index is 0. The lowest BCUT2D eigenvalue weighted by Gasteiger charge is -2.18. The van der Waals surface area contributed by atoms with E-state index in [9.17, 15) is 4.79 Å². The van der Waals surface area contributed by atoms with Gasteiger partial charge in [-0.3, -0.25) is 4.79 Å². The van der Waals surface area contributed by atoms with Gasteiger partial charge in [0.25, 0.3) is 0 Å². The Morgan fingerprint density at radius 3 is 2.13 bits per heavy atom. The molecule has 0 aliphatic heterocycles. The second kappa shape index (κ2) is 10.3.